The number of anilines is 1. The molecule has 0 spiro atoms. The van der Waals surface area contributed by atoms with E-state index in [2.05, 4.69) is 10.4 Å². The minimum Gasteiger partial charge on any atom is -0.310 e. The van der Waals surface area contributed by atoms with E-state index in [0.717, 1.165) is 34.3 Å². The molecule has 0 radical (unpaired) electrons. The van der Waals surface area contributed by atoms with Crippen LogP contribution in [0.1, 0.15) is 24.6 Å². The van der Waals surface area contributed by atoms with Crippen LogP contribution in [0.2, 0.25) is 5.02 Å². The molecular formula is C14H14ClN3OS. The molecule has 0 unspecified atom stereocenters. The molecule has 1 aliphatic rings. The first kappa shape index (κ1) is 13.5. The van der Waals surface area contributed by atoms with Crippen LogP contribution in [0.5, 0.6) is 0 Å². The quantitative estimate of drug-likeness (QED) is 0.942. The van der Waals surface area contributed by atoms with Crippen LogP contribution in [0, 0.1) is 0 Å². The highest BCUT2D eigenvalue weighted by Crippen LogP contribution is 2.36. The van der Waals surface area contributed by atoms with Crippen LogP contribution in [0.4, 0.5) is 5.82 Å². The van der Waals surface area contributed by atoms with E-state index in [1.54, 1.807) is 4.68 Å². The molecule has 104 valence electrons. The van der Waals surface area contributed by atoms with E-state index in [1.165, 1.54) is 0 Å². The molecule has 1 aliphatic heterocycles. The number of nitrogens with one attached hydrogen (secondary N) is 1. The molecule has 0 aliphatic carbocycles. The van der Waals surface area contributed by atoms with Crippen LogP contribution in [-0.4, -0.2) is 15.7 Å². The van der Waals surface area contributed by atoms with Crippen molar-refractivity contribution >= 4 is 35.1 Å². The van der Waals surface area contributed by atoms with Gasteiger partial charge in [0.1, 0.15) is 5.82 Å². The lowest BCUT2D eigenvalue weighted by molar-refractivity contribution is -0.115. The SMILES string of the molecule is CCC(=O)Nc1c2c(nn1-c1ccc(Cl)cc1)CSC2. The molecular weight excluding hydrogens is 294 g/mol. The standard InChI is InChI=1S/C14H14ClN3OS/c1-2-13(19)16-14-11-7-20-8-12(11)17-18(14)10-5-3-9(15)4-6-10/h3-6H,2,7-8H2,1H3,(H,16,19). The van der Waals surface area contributed by atoms with Gasteiger partial charge in [-0.3, -0.25) is 4.79 Å². The number of thioether (sulfide) groups is 1. The summed E-state index contributed by atoms with van der Waals surface area (Å²) < 4.78 is 1.80. The number of halogens is 1. The third-order valence-corrected chi connectivity index (χ3v) is 4.42. The fourth-order valence-electron chi connectivity index (χ4n) is 2.13. The van der Waals surface area contributed by atoms with Crippen LogP contribution in [0.3, 0.4) is 0 Å². The van der Waals surface area contributed by atoms with Crippen molar-refractivity contribution in [2.45, 2.75) is 24.9 Å². The Morgan fingerprint density at radius 3 is 2.85 bits per heavy atom. The Labute approximate surface area is 126 Å². The molecule has 2 aromatic rings. The number of nitrogens with zero attached hydrogens (tertiary/aromatic N) is 2. The first-order valence-electron chi connectivity index (χ1n) is 6.43. The lowest BCUT2D eigenvalue weighted by Crippen LogP contribution is -2.14. The minimum atomic E-state index is -0.000173. The van der Waals surface area contributed by atoms with E-state index in [-0.39, 0.29) is 5.91 Å². The third kappa shape index (κ3) is 2.43. The number of benzene rings is 1. The summed E-state index contributed by atoms with van der Waals surface area (Å²) in [7, 11) is 0. The fourth-order valence-corrected chi connectivity index (χ4v) is 3.29. The van der Waals surface area contributed by atoms with Crippen molar-refractivity contribution in [1.82, 2.24) is 9.78 Å². The van der Waals surface area contributed by atoms with Gasteiger partial charge < -0.3 is 5.32 Å². The van der Waals surface area contributed by atoms with E-state index in [4.69, 9.17) is 11.6 Å². The van der Waals surface area contributed by atoms with Gasteiger partial charge in [0, 0.05) is 28.5 Å². The Hall–Kier alpha value is -1.46. The van der Waals surface area contributed by atoms with Gasteiger partial charge in [-0.1, -0.05) is 18.5 Å². The third-order valence-electron chi connectivity index (χ3n) is 3.20. The second kappa shape index (κ2) is 5.50. The molecule has 2 heterocycles. The van der Waals surface area contributed by atoms with Crippen molar-refractivity contribution in [3.63, 3.8) is 0 Å². The number of carbonyl (C=O) groups is 1. The second-order valence-corrected chi connectivity index (χ2v) is 5.98. The van der Waals surface area contributed by atoms with E-state index < -0.39 is 0 Å². The number of fused-ring (bicyclic) bond motifs is 1. The van der Waals surface area contributed by atoms with Crippen LogP contribution >= 0.6 is 23.4 Å². The Balaban J connectivity index is 2.06. The molecule has 0 saturated heterocycles. The van der Waals surface area contributed by atoms with Gasteiger partial charge in [-0.15, -0.1) is 0 Å². The summed E-state index contributed by atoms with van der Waals surface area (Å²) in [6, 6.07) is 7.45. The molecule has 0 fully saturated rings. The summed E-state index contributed by atoms with van der Waals surface area (Å²) >= 11 is 7.73. The summed E-state index contributed by atoms with van der Waals surface area (Å²) in [6.07, 6.45) is 0.452. The number of rotatable bonds is 3. The monoisotopic (exact) mass is 307 g/mol. The molecule has 20 heavy (non-hydrogen) atoms. The highest BCUT2D eigenvalue weighted by molar-refractivity contribution is 7.98. The number of aromatic nitrogens is 2. The van der Waals surface area contributed by atoms with Crippen molar-refractivity contribution in [2.24, 2.45) is 0 Å². The second-order valence-electron chi connectivity index (χ2n) is 4.56. The largest absolute Gasteiger partial charge is 0.310 e. The summed E-state index contributed by atoms with van der Waals surface area (Å²) in [5.74, 6) is 2.58. The predicted octanol–water partition coefficient (Wildman–Crippen LogP) is 3.62. The van der Waals surface area contributed by atoms with Gasteiger partial charge in [-0.25, -0.2) is 4.68 Å². The number of amides is 1. The highest BCUT2D eigenvalue weighted by atomic mass is 35.5. The lowest BCUT2D eigenvalue weighted by atomic mass is 10.2. The Kier molecular flexibility index (Phi) is 3.72. The van der Waals surface area contributed by atoms with E-state index in [9.17, 15) is 4.79 Å². The van der Waals surface area contributed by atoms with Crippen LogP contribution in [0.15, 0.2) is 24.3 Å². The van der Waals surface area contributed by atoms with Crippen molar-refractivity contribution in [1.29, 1.82) is 0 Å². The number of carbonyl (C=O) groups excluding carboxylic acids is 1. The Morgan fingerprint density at radius 1 is 1.40 bits per heavy atom. The predicted molar refractivity (Wildman–Crippen MR) is 82.5 cm³/mol. The fraction of sp³-hybridized carbons (Fsp3) is 0.286. The summed E-state index contributed by atoms with van der Waals surface area (Å²) in [6.45, 7) is 1.84. The maximum atomic E-state index is 11.7. The van der Waals surface area contributed by atoms with Crippen LogP contribution < -0.4 is 5.32 Å². The molecule has 0 atom stereocenters. The zero-order chi connectivity index (χ0) is 14.1. The van der Waals surface area contributed by atoms with Crippen LogP contribution in [0.25, 0.3) is 5.69 Å². The molecule has 0 saturated carbocycles. The number of hydrogen-bond donors (Lipinski definition) is 1. The summed E-state index contributed by atoms with van der Waals surface area (Å²) in [4.78, 5) is 11.7. The summed E-state index contributed by atoms with van der Waals surface area (Å²) in [5.41, 5.74) is 3.09. The molecule has 1 amide bonds. The van der Waals surface area contributed by atoms with Crippen LogP contribution in [-0.2, 0) is 16.3 Å². The minimum absolute atomic E-state index is 0.000173. The van der Waals surface area contributed by atoms with Gasteiger partial charge >= 0.3 is 0 Å². The molecule has 3 rings (SSSR count). The average Bonchev–Trinajstić information content (AvgIpc) is 3.02. The molecule has 4 nitrogen and oxygen atoms in total. The van der Waals surface area contributed by atoms with Gasteiger partial charge in [0.15, 0.2) is 0 Å². The molecule has 0 bridgehead atoms. The molecule has 6 heteroatoms. The topological polar surface area (TPSA) is 46.9 Å². The molecule has 1 aromatic heterocycles. The van der Waals surface area contributed by atoms with Gasteiger partial charge in [-0.2, -0.15) is 16.9 Å². The lowest BCUT2D eigenvalue weighted by Gasteiger charge is -2.10. The zero-order valence-electron chi connectivity index (χ0n) is 11.0. The molecule has 1 aromatic carbocycles. The smallest absolute Gasteiger partial charge is 0.225 e. The maximum Gasteiger partial charge on any atom is 0.225 e. The van der Waals surface area contributed by atoms with Gasteiger partial charge in [0.2, 0.25) is 5.91 Å². The van der Waals surface area contributed by atoms with Crippen molar-refractivity contribution in [3.8, 4) is 5.69 Å². The Bertz CT molecular complexity index is 651. The normalized spacial score (nSPS) is 13.3. The Morgan fingerprint density at radius 2 is 2.15 bits per heavy atom. The van der Waals surface area contributed by atoms with Crippen molar-refractivity contribution in [2.75, 3.05) is 5.32 Å². The number of hydrogen-bond acceptors (Lipinski definition) is 3. The van der Waals surface area contributed by atoms with E-state index in [1.807, 2.05) is 43.0 Å². The van der Waals surface area contributed by atoms with Gasteiger partial charge in [0.25, 0.3) is 0 Å². The maximum absolute atomic E-state index is 11.7. The van der Waals surface area contributed by atoms with Gasteiger partial charge in [0.05, 0.1) is 11.4 Å². The molecule has 1 N–H and O–H groups in total. The van der Waals surface area contributed by atoms with Gasteiger partial charge in [-0.05, 0) is 24.3 Å². The summed E-state index contributed by atoms with van der Waals surface area (Å²) in [5, 5.41) is 8.27. The van der Waals surface area contributed by atoms with E-state index in [0.29, 0.717) is 11.4 Å². The highest BCUT2D eigenvalue weighted by Gasteiger charge is 2.24. The van der Waals surface area contributed by atoms with Crippen molar-refractivity contribution in [3.05, 3.63) is 40.5 Å². The van der Waals surface area contributed by atoms with Crippen molar-refractivity contribution < 1.29 is 4.79 Å². The average molecular weight is 308 g/mol. The first-order chi connectivity index (χ1) is 9.69. The zero-order valence-corrected chi connectivity index (χ0v) is 12.6. The van der Waals surface area contributed by atoms with E-state index >= 15 is 0 Å². The first-order valence-corrected chi connectivity index (χ1v) is 7.96.